The van der Waals surface area contributed by atoms with Crippen LogP contribution in [0.3, 0.4) is 0 Å². The number of H-pyrrole nitrogens is 1. The Morgan fingerprint density at radius 2 is 2.38 bits per heavy atom. The van der Waals surface area contributed by atoms with Crippen molar-refractivity contribution in [3.05, 3.63) is 24.5 Å². The normalized spacial score (nSPS) is 21.6. The number of rotatable bonds is 1. The Labute approximate surface area is 94.7 Å². The van der Waals surface area contributed by atoms with Gasteiger partial charge in [-0.1, -0.05) is 0 Å². The molecular formula is C12H16N4. The summed E-state index contributed by atoms with van der Waals surface area (Å²) in [5.74, 6) is 1.10. The summed E-state index contributed by atoms with van der Waals surface area (Å²) in [6.07, 6.45) is 3.85. The van der Waals surface area contributed by atoms with E-state index in [1.807, 2.05) is 18.5 Å². The Morgan fingerprint density at radius 1 is 1.44 bits per heavy atom. The summed E-state index contributed by atoms with van der Waals surface area (Å²) < 4.78 is 0. The average Bonchev–Trinajstić information content (AvgIpc) is 2.76. The number of nitrogens with zero attached hydrogens (tertiary/aromatic N) is 2. The molecule has 1 saturated heterocycles. The second-order valence-electron chi connectivity index (χ2n) is 4.37. The van der Waals surface area contributed by atoms with Crippen LogP contribution < -0.4 is 10.2 Å². The van der Waals surface area contributed by atoms with Gasteiger partial charge in [-0.15, -0.1) is 0 Å². The minimum atomic E-state index is 0.532. The Balaban J connectivity index is 2.01. The van der Waals surface area contributed by atoms with Crippen molar-refractivity contribution >= 4 is 16.7 Å². The third kappa shape index (κ3) is 1.55. The molecule has 4 nitrogen and oxygen atoms in total. The van der Waals surface area contributed by atoms with Crippen molar-refractivity contribution in [3.8, 4) is 0 Å². The number of fused-ring (bicyclic) bond motifs is 1. The van der Waals surface area contributed by atoms with Crippen LogP contribution in [0.4, 0.5) is 5.82 Å². The van der Waals surface area contributed by atoms with Crippen molar-refractivity contribution in [1.82, 2.24) is 15.3 Å². The molecule has 3 rings (SSSR count). The number of aromatic amines is 1. The Morgan fingerprint density at radius 3 is 3.25 bits per heavy atom. The SMILES string of the molecule is CC1CN(c2nccc3[nH]ccc23)CCN1. The molecule has 0 aromatic carbocycles. The highest BCUT2D eigenvalue weighted by Crippen LogP contribution is 2.23. The molecule has 2 aromatic rings. The molecule has 0 radical (unpaired) electrons. The van der Waals surface area contributed by atoms with Crippen LogP contribution in [0.1, 0.15) is 6.92 Å². The van der Waals surface area contributed by atoms with Gasteiger partial charge < -0.3 is 15.2 Å². The van der Waals surface area contributed by atoms with E-state index in [0.29, 0.717) is 6.04 Å². The van der Waals surface area contributed by atoms with Crippen molar-refractivity contribution < 1.29 is 0 Å². The van der Waals surface area contributed by atoms with Gasteiger partial charge in [-0.25, -0.2) is 4.98 Å². The molecule has 0 aliphatic carbocycles. The van der Waals surface area contributed by atoms with Gasteiger partial charge in [0.2, 0.25) is 0 Å². The van der Waals surface area contributed by atoms with Gasteiger partial charge in [0.1, 0.15) is 5.82 Å². The minimum Gasteiger partial charge on any atom is -0.361 e. The summed E-state index contributed by atoms with van der Waals surface area (Å²) in [6.45, 7) is 5.30. The molecular weight excluding hydrogens is 200 g/mol. The van der Waals surface area contributed by atoms with E-state index < -0.39 is 0 Å². The van der Waals surface area contributed by atoms with E-state index >= 15 is 0 Å². The maximum atomic E-state index is 4.52. The fourth-order valence-electron chi connectivity index (χ4n) is 2.34. The van der Waals surface area contributed by atoms with E-state index in [1.165, 1.54) is 5.39 Å². The minimum absolute atomic E-state index is 0.532. The molecule has 0 amide bonds. The number of nitrogens with one attached hydrogen (secondary N) is 2. The topological polar surface area (TPSA) is 44.0 Å². The van der Waals surface area contributed by atoms with Crippen molar-refractivity contribution in [2.24, 2.45) is 0 Å². The van der Waals surface area contributed by atoms with Crippen LogP contribution in [0.25, 0.3) is 10.9 Å². The summed E-state index contributed by atoms with van der Waals surface area (Å²) in [5, 5.41) is 4.67. The van der Waals surface area contributed by atoms with Crippen LogP contribution in [0.2, 0.25) is 0 Å². The van der Waals surface area contributed by atoms with Crippen LogP contribution in [-0.2, 0) is 0 Å². The van der Waals surface area contributed by atoms with Crippen molar-refractivity contribution in [1.29, 1.82) is 0 Å². The van der Waals surface area contributed by atoms with Crippen LogP contribution in [0.15, 0.2) is 24.5 Å². The zero-order valence-electron chi connectivity index (χ0n) is 9.40. The maximum Gasteiger partial charge on any atom is 0.138 e. The van der Waals surface area contributed by atoms with Gasteiger partial charge in [0, 0.05) is 43.5 Å². The van der Waals surface area contributed by atoms with E-state index in [0.717, 1.165) is 31.0 Å². The standard InChI is InChI=1S/C12H16N4/c1-9-8-16(7-6-13-9)12-10-2-4-14-11(10)3-5-15-12/h2-5,9,13-14H,6-8H2,1H3. The van der Waals surface area contributed by atoms with Gasteiger partial charge in [-0.05, 0) is 19.1 Å². The number of aromatic nitrogens is 2. The maximum absolute atomic E-state index is 4.52. The molecule has 84 valence electrons. The highest BCUT2D eigenvalue weighted by molar-refractivity contribution is 5.90. The fourth-order valence-corrected chi connectivity index (χ4v) is 2.34. The van der Waals surface area contributed by atoms with Crippen LogP contribution in [-0.4, -0.2) is 35.6 Å². The van der Waals surface area contributed by atoms with E-state index in [4.69, 9.17) is 0 Å². The van der Waals surface area contributed by atoms with E-state index in [2.05, 4.69) is 33.2 Å². The second-order valence-corrected chi connectivity index (χ2v) is 4.37. The number of piperazine rings is 1. The molecule has 0 bridgehead atoms. The first-order valence-electron chi connectivity index (χ1n) is 5.75. The summed E-state index contributed by atoms with van der Waals surface area (Å²) in [4.78, 5) is 10.1. The number of hydrogen-bond acceptors (Lipinski definition) is 3. The first kappa shape index (κ1) is 9.66. The Bertz CT molecular complexity index is 490. The molecule has 0 spiro atoms. The molecule has 0 saturated carbocycles. The lowest BCUT2D eigenvalue weighted by molar-refractivity contribution is 0.483. The van der Waals surface area contributed by atoms with Gasteiger partial charge >= 0.3 is 0 Å². The highest BCUT2D eigenvalue weighted by atomic mass is 15.2. The second kappa shape index (κ2) is 3.79. The third-order valence-corrected chi connectivity index (χ3v) is 3.13. The molecule has 4 heteroatoms. The molecule has 3 heterocycles. The van der Waals surface area contributed by atoms with Crippen LogP contribution in [0.5, 0.6) is 0 Å². The largest absolute Gasteiger partial charge is 0.361 e. The van der Waals surface area contributed by atoms with Crippen LogP contribution >= 0.6 is 0 Å². The molecule has 2 aromatic heterocycles. The Hall–Kier alpha value is -1.55. The number of pyridine rings is 1. The van der Waals surface area contributed by atoms with Crippen molar-refractivity contribution in [2.75, 3.05) is 24.5 Å². The molecule has 1 aliphatic rings. The zero-order chi connectivity index (χ0) is 11.0. The summed E-state index contributed by atoms with van der Waals surface area (Å²) in [6, 6.07) is 4.65. The monoisotopic (exact) mass is 216 g/mol. The van der Waals surface area contributed by atoms with Gasteiger partial charge in [-0.2, -0.15) is 0 Å². The summed E-state index contributed by atoms with van der Waals surface area (Å²) >= 11 is 0. The van der Waals surface area contributed by atoms with Crippen LogP contribution in [0, 0.1) is 0 Å². The predicted molar refractivity (Wildman–Crippen MR) is 65.8 cm³/mol. The van der Waals surface area contributed by atoms with Gasteiger partial charge in [0.25, 0.3) is 0 Å². The predicted octanol–water partition coefficient (Wildman–Crippen LogP) is 1.36. The number of anilines is 1. The summed E-state index contributed by atoms with van der Waals surface area (Å²) in [5.41, 5.74) is 1.16. The quantitative estimate of drug-likeness (QED) is 0.756. The smallest absolute Gasteiger partial charge is 0.138 e. The van der Waals surface area contributed by atoms with Gasteiger partial charge in [0.15, 0.2) is 0 Å². The fraction of sp³-hybridized carbons (Fsp3) is 0.417. The third-order valence-electron chi connectivity index (χ3n) is 3.13. The molecule has 1 aliphatic heterocycles. The molecule has 1 atom stereocenters. The first-order chi connectivity index (χ1) is 7.84. The van der Waals surface area contributed by atoms with E-state index in [9.17, 15) is 0 Å². The summed E-state index contributed by atoms with van der Waals surface area (Å²) in [7, 11) is 0. The number of hydrogen-bond donors (Lipinski definition) is 2. The molecule has 16 heavy (non-hydrogen) atoms. The average molecular weight is 216 g/mol. The Kier molecular flexibility index (Phi) is 2.29. The lowest BCUT2D eigenvalue weighted by Crippen LogP contribution is -2.49. The lowest BCUT2D eigenvalue weighted by Gasteiger charge is -2.33. The molecule has 1 fully saturated rings. The zero-order valence-corrected chi connectivity index (χ0v) is 9.40. The van der Waals surface area contributed by atoms with E-state index in [-0.39, 0.29) is 0 Å². The van der Waals surface area contributed by atoms with Crippen molar-refractivity contribution in [3.63, 3.8) is 0 Å². The lowest BCUT2D eigenvalue weighted by atomic mass is 10.2. The van der Waals surface area contributed by atoms with Gasteiger partial charge in [0.05, 0.1) is 5.52 Å². The van der Waals surface area contributed by atoms with Gasteiger partial charge in [-0.3, -0.25) is 0 Å². The molecule has 1 unspecified atom stereocenters. The highest BCUT2D eigenvalue weighted by Gasteiger charge is 2.18. The van der Waals surface area contributed by atoms with Crippen molar-refractivity contribution in [2.45, 2.75) is 13.0 Å². The molecule has 2 N–H and O–H groups in total. The van der Waals surface area contributed by atoms with E-state index in [1.54, 1.807) is 0 Å². The first-order valence-corrected chi connectivity index (χ1v) is 5.75.